The number of β-amino-alcohol motifs (C(OH)–C–C–N with tert-alkyl or cyclic N) is 1. The van der Waals surface area contributed by atoms with Gasteiger partial charge in [-0.2, -0.15) is 0 Å². The van der Waals surface area contributed by atoms with Gasteiger partial charge in [0.05, 0.1) is 19.8 Å². The molecule has 186 valence electrons. The van der Waals surface area contributed by atoms with Gasteiger partial charge >= 0.3 is 0 Å². The van der Waals surface area contributed by atoms with E-state index in [1.54, 1.807) is 0 Å². The minimum absolute atomic E-state index is 0.208. The molecule has 1 heterocycles. The quantitative estimate of drug-likeness (QED) is 0.386. The molecule has 2 amide bonds. The Morgan fingerprint density at radius 1 is 1.18 bits per heavy atom. The lowest BCUT2D eigenvalue weighted by molar-refractivity contribution is -0.151. The van der Waals surface area contributed by atoms with E-state index in [1.165, 1.54) is 11.8 Å². The van der Waals surface area contributed by atoms with Gasteiger partial charge in [-0.3, -0.25) is 9.59 Å². The number of fused-ring (bicyclic) bond motifs is 1. The first-order valence-corrected chi connectivity index (χ1v) is 11.3. The lowest BCUT2D eigenvalue weighted by Gasteiger charge is -2.33. The number of hydrogen-bond acceptors (Lipinski definition) is 8. The predicted molar refractivity (Wildman–Crippen MR) is 120 cm³/mol. The molecule has 1 aromatic carbocycles. The molecule has 10 nitrogen and oxygen atoms in total. The lowest BCUT2D eigenvalue weighted by atomic mass is 10.0. The summed E-state index contributed by atoms with van der Waals surface area (Å²) < 4.78 is 11.5. The number of amides is 2. The highest BCUT2D eigenvalue weighted by molar-refractivity contribution is 5.83. The van der Waals surface area contributed by atoms with Crippen LogP contribution in [0.15, 0.2) is 24.3 Å². The normalized spacial score (nSPS) is 24.3. The number of hydrogen-bond donors (Lipinski definition) is 5. The molecule has 10 heteroatoms. The van der Waals surface area contributed by atoms with Crippen LogP contribution in [0.4, 0.5) is 0 Å². The van der Waals surface area contributed by atoms with Gasteiger partial charge in [-0.25, -0.2) is 0 Å². The molecule has 0 radical (unpaired) electrons. The molecule has 1 aliphatic heterocycles. The van der Waals surface area contributed by atoms with Crippen LogP contribution in [-0.2, 0) is 20.7 Å². The zero-order chi connectivity index (χ0) is 24.2. The molecular formula is C23H36N2O8. The van der Waals surface area contributed by atoms with Crippen molar-refractivity contribution in [2.75, 3.05) is 39.5 Å². The molecule has 0 fully saturated rings. The van der Waals surface area contributed by atoms with Gasteiger partial charge in [-0.05, 0) is 37.3 Å². The van der Waals surface area contributed by atoms with Gasteiger partial charge in [0, 0.05) is 26.6 Å². The molecule has 4 atom stereocenters. The second kappa shape index (κ2) is 14.1. The standard InChI is InChI=1S/C23H36N2O8/c1-16(27)24-13-21(30)25-10-6-12-32-20-9-3-2-7-17(20)8-4-5-11-33-23(19(29)15-26)22(31)18(28)14-25/h2-3,7,9,18-19,22-23,26,28-29,31H,4-6,8,10-15H2,1H3,(H,24,27)/t18-,19-,22-,23-/m1/s1. The van der Waals surface area contributed by atoms with Gasteiger partial charge in [-0.1, -0.05) is 18.2 Å². The Hall–Kier alpha value is -2.24. The second-order valence-electron chi connectivity index (χ2n) is 8.16. The number of benzene rings is 1. The van der Waals surface area contributed by atoms with Crippen molar-refractivity contribution in [3.8, 4) is 5.75 Å². The number of aliphatic hydroxyl groups excluding tert-OH is 4. The van der Waals surface area contributed by atoms with E-state index in [0.29, 0.717) is 19.4 Å². The van der Waals surface area contributed by atoms with Gasteiger partial charge in [0.25, 0.3) is 0 Å². The number of aryl methyl sites for hydroxylation is 1. The lowest BCUT2D eigenvalue weighted by Crippen LogP contribution is -2.53. The molecule has 1 aliphatic rings. The smallest absolute Gasteiger partial charge is 0.242 e. The number of nitrogens with one attached hydrogen (secondary N) is 1. The summed E-state index contributed by atoms with van der Waals surface area (Å²) in [4.78, 5) is 25.1. The Kier molecular flexibility index (Phi) is 11.6. The van der Waals surface area contributed by atoms with Crippen molar-refractivity contribution in [1.29, 1.82) is 0 Å². The summed E-state index contributed by atoms with van der Waals surface area (Å²) in [6.45, 7) is 0.927. The van der Waals surface area contributed by atoms with E-state index in [1.807, 2.05) is 24.3 Å². The third-order valence-electron chi connectivity index (χ3n) is 5.50. The van der Waals surface area contributed by atoms with Crippen LogP contribution in [0.3, 0.4) is 0 Å². The number of rotatable bonds is 4. The van der Waals surface area contributed by atoms with Crippen molar-refractivity contribution in [3.63, 3.8) is 0 Å². The molecule has 33 heavy (non-hydrogen) atoms. The van der Waals surface area contributed by atoms with E-state index < -0.39 is 36.9 Å². The van der Waals surface area contributed by atoms with Crippen LogP contribution in [0.25, 0.3) is 0 Å². The van der Waals surface area contributed by atoms with Crippen molar-refractivity contribution >= 4 is 11.8 Å². The van der Waals surface area contributed by atoms with Crippen molar-refractivity contribution in [3.05, 3.63) is 29.8 Å². The van der Waals surface area contributed by atoms with Gasteiger partial charge in [0.1, 0.15) is 30.2 Å². The zero-order valence-electron chi connectivity index (χ0n) is 19.1. The van der Waals surface area contributed by atoms with Crippen LogP contribution in [0, 0.1) is 0 Å². The molecule has 2 rings (SSSR count). The van der Waals surface area contributed by atoms with E-state index in [2.05, 4.69) is 5.32 Å². The maximum absolute atomic E-state index is 12.6. The highest BCUT2D eigenvalue weighted by Gasteiger charge is 2.34. The summed E-state index contributed by atoms with van der Waals surface area (Å²) >= 11 is 0. The summed E-state index contributed by atoms with van der Waals surface area (Å²) in [7, 11) is 0. The molecule has 0 bridgehead atoms. The molecule has 1 aromatic rings. The van der Waals surface area contributed by atoms with E-state index in [9.17, 15) is 30.0 Å². The minimum atomic E-state index is -1.53. The van der Waals surface area contributed by atoms with Crippen LogP contribution in [-0.4, -0.2) is 101 Å². The number of carbonyl (C=O) groups is 2. The number of ether oxygens (including phenoxy) is 2. The van der Waals surface area contributed by atoms with Crippen LogP contribution in [0.1, 0.15) is 31.7 Å². The number of para-hydroxylation sites is 1. The summed E-state index contributed by atoms with van der Waals surface area (Å²) in [6, 6.07) is 7.70. The fraction of sp³-hybridized carbons (Fsp3) is 0.652. The average molecular weight is 469 g/mol. The Labute approximate surface area is 194 Å². The third-order valence-corrected chi connectivity index (χ3v) is 5.50. The first-order valence-electron chi connectivity index (χ1n) is 11.3. The molecular weight excluding hydrogens is 432 g/mol. The first kappa shape index (κ1) is 27.0. The second-order valence-corrected chi connectivity index (χ2v) is 8.16. The number of carbonyl (C=O) groups excluding carboxylic acids is 2. The fourth-order valence-corrected chi connectivity index (χ4v) is 3.65. The monoisotopic (exact) mass is 468 g/mol. The van der Waals surface area contributed by atoms with Crippen molar-refractivity contribution < 1.29 is 39.5 Å². The van der Waals surface area contributed by atoms with E-state index in [4.69, 9.17) is 9.47 Å². The Bertz CT molecular complexity index is 747. The third kappa shape index (κ3) is 8.90. The Morgan fingerprint density at radius 2 is 1.94 bits per heavy atom. The Balaban J connectivity index is 2.18. The molecule has 0 aliphatic carbocycles. The first-order chi connectivity index (χ1) is 15.8. The van der Waals surface area contributed by atoms with Gasteiger partial charge in [0.15, 0.2) is 0 Å². The average Bonchev–Trinajstić information content (AvgIpc) is 2.80. The zero-order valence-corrected chi connectivity index (χ0v) is 19.1. The van der Waals surface area contributed by atoms with Gasteiger partial charge < -0.3 is 40.1 Å². The van der Waals surface area contributed by atoms with Gasteiger partial charge in [0.2, 0.25) is 11.8 Å². The largest absolute Gasteiger partial charge is 0.493 e. The van der Waals surface area contributed by atoms with Crippen LogP contribution >= 0.6 is 0 Å². The molecule has 0 saturated carbocycles. The van der Waals surface area contributed by atoms with Crippen LogP contribution in [0.2, 0.25) is 0 Å². The van der Waals surface area contributed by atoms with E-state index >= 15 is 0 Å². The molecule has 5 N–H and O–H groups in total. The fourth-order valence-electron chi connectivity index (χ4n) is 3.65. The summed E-state index contributed by atoms with van der Waals surface area (Å²) in [6.07, 6.45) is -2.96. The van der Waals surface area contributed by atoms with Gasteiger partial charge in [-0.15, -0.1) is 0 Å². The van der Waals surface area contributed by atoms with E-state index in [-0.39, 0.29) is 32.1 Å². The topological polar surface area (TPSA) is 149 Å². The Morgan fingerprint density at radius 3 is 2.67 bits per heavy atom. The summed E-state index contributed by atoms with van der Waals surface area (Å²) in [5.74, 6) is -0.0263. The van der Waals surface area contributed by atoms with Crippen LogP contribution in [0.5, 0.6) is 5.75 Å². The summed E-state index contributed by atoms with van der Waals surface area (Å²) in [5, 5.41) is 43.1. The van der Waals surface area contributed by atoms with E-state index in [0.717, 1.165) is 24.2 Å². The number of nitrogens with zero attached hydrogens (tertiary/aromatic N) is 1. The SMILES string of the molecule is CC(=O)NCC(=O)N1CCCOc2ccccc2CCCCO[C@H]([C@H](O)CO)[C@H](O)[C@H](O)C1. The molecule has 0 saturated heterocycles. The predicted octanol–water partition coefficient (Wildman–Crippen LogP) is -0.783. The minimum Gasteiger partial charge on any atom is -0.493 e. The maximum Gasteiger partial charge on any atom is 0.242 e. The maximum atomic E-state index is 12.6. The van der Waals surface area contributed by atoms with Crippen molar-refractivity contribution in [2.45, 2.75) is 57.0 Å². The molecule has 0 spiro atoms. The van der Waals surface area contributed by atoms with Crippen LogP contribution < -0.4 is 10.1 Å². The van der Waals surface area contributed by atoms with Crippen molar-refractivity contribution in [2.24, 2.45) is 0 Å². The highest BCUT2D eigenvalue weighted by atomic mass is 16.5. The molecule has 0 unspecified atom stereocenters. The number of aliphatic hydroxyl groups is 4. The molecule has 0 aromatic heterocycles. The highest BCUT2D eigenvalue weighted by Crippen LogP contribution is 2.21. The summed E-state index contributed by atoms with van der Waals surface area (Å²) in [5.41, 5.74) is 1.05. The van der Waals surface area contributed by atoms with Crippen molar-refractivity contribution in [1.82, 2.24) is 10.2 Å².